The lowest BCUT2D eigenvalue weighted by atomic mass is 9.98. The number of amides is 1. The van der Waals surface area contributed by atoms with Crippen molar-refractivity contribution in [1.82, 2.24) is 16.0 Å². The van der Waals surface area contributed by atoms with Crippen LogP contribution in [-0.4, -0.2) is 50.8 Å². The summed E-state index contributed by atoms with van der Waals surface area (Å²) in [6.07, 6.45) is 9.22. The fraction of sp³-hybridized carbons (Fsp3) is 0.684. The molecule has 0 spiro atoms. The van der Waals surface area contributed by atoms with Gasteiger partial charge in [-0.3, -0.25) is 9.79 Å². The first-order valence-electron chi connectivity index (χ1n) is 9.75. The van der Waals surface area contributed by atoms with Crippen LogP contribution in [0.15, 0.2) is 27.8 Å². The molecule has 3 N–H and O–H groups in total. The van der Waals surface area contributed by atoms with E-state index >= 15 is 0 Å². The van der Waals surface area contributed by atoms with Gasteiger partial charge in [0.25, 0.3) is 5.91 Å². The van der Waals surface area contributed by atoms with E-state index in [1.807, 2.05) is 6.92 Å². The highest BCUT2D eigenvalue weighted by molar-refractivity contribution is 5.91. The second kappa shape index (κ2) is 12.4. The third-order valence-corrected chi connectivity index (χ3v) is 4.27. The molecule has 1 aliphatic rings. The smallest absolute Gasteiger partial charge is 0.287 e. The quantitative estimate of drug-likeness (QED) is 0.337. The summed E-state index contributed by atoms with van der Waals surface area (Å²) in [6.45, 7) is 5.41. The van der Waals surface area contributed by atoms with E-state index in [2.05, 4.69) is 20.9 Å². The van der Waals surface area contributed by atoms with E-state index in [4.69, 9.17) is 9.15 Å². The van der Waals surface area contributed by atoms with Crippen LogP contribution in [0, 0.1) is 0 Å². The van der Waals surface area contributed by atoms with Gasteiger partial charge < -0.3 is 25.1 Å². The lowest BCUT2D eigenvalue weighted by Crippen LogP contribution is -2.41. The summed E-state index contributed by atoms with van der Waals surface area (Å²) in [5.41, 5.74) is 0. The number of ether oxygens (including phenoxy) is 1. The number of carbonyl (C=O) groups excluding carboxylic acids is 1. The largest absolute Gasteiger partial charge is 0.459 e. The summed E-state index contributed by atoms with van der Waals surface area (Å²) in [5.74, 6) is 0.875. The third kappa shape index (κ3) is 7.91. The first kappa shape index (κ1) is 20.3. The standard InChI is InChI=1S/C19H32N4O3/c1-2-20-19(22-11-7-15-25-16-8-4-3-5-9-16)23-13-12-21-18(24)17-10-6-14-26-17/h6,10,14,16H,2-5,7-9,11-13,15H2,1H3,(H,21,24)(H2,20,22,23). The Hall–Kier alpha value is -2.02. The maximum absolute atomic E-state index is 11.8. The summed E-state index contributed by atoms with van der Waals surface area (Å²) in [6, 6.07) is 3.34. The Labute approximate surface area is 156 Å². The van der Waals surface area contributed by atoms with Gasteiger partial charge in [0.2, 0.25) is 0 Å². The number of nitrogens with one attached hydrogen (secondary N) is 3. The van der Waals surface area contributed by atoms with Crippen LogP contribution in [0.4, 0.5) is 0 Å². The van der Waals surface area contributed by atoms with Crippen molar-refractivity contribution in [2.24, 2.45) is 4.99 Å². The van der Waals surface area contributed by atoms with Crippen LogP contribution in [0.25, 0.3) is 0 Å². The predicted molar refractivity (Wildman–Crippen MR) is 102 cm³/mol. The lowest BCUT2D eigenvalue weighted by molar-refractivity contribution is 0.0281. The molecular weight excluding hydrogens is 332 g/mol. The van der Waals surface area contributed by atoms with Crippen molar-refractivity contribution < 1.29 is 13.9 Å². The highest BCUT2D eigenvalue weighted by Gasteiger charge is 2.13. The minimum Gasteiger partial charge on any atom is -0.459 e. The molecule has 1 saturated carbocycles. The van der Waals surface area contributed by atoms with E-state index in [0.717, 1.165) is 32.1 Å². The zero-order valence-electron chi connectivity index (χ0n) is 15.8. The topological polar surface area (TPSA) is 87.9 Å². The Morgan fingerprint density at radius 2 is 2.04 bits per heavy atom. The minimum absolute atomic E-state index is 0.210. The van der Waals surface area contributed by atoms with Gasteiger partial charge in [-0.2, -0.15) is 0 Å². The molecule has 1 heterocycles. The molecule has 0 bridgehead atoms. The molecule has 2 rings (SSSR count). The average Bonchev–Trinajstić information content (AvgIpc) is 3.20. The van der Waals surface area contributed by atoms with Crippen molar-refractivity contribution in [3.05, 3.63) is 24.2 Å². The molecule has 0 saturated heterocycles. The van der Waals surface area contributed by atoms with Crippen LogP contribution in [0.5, 0.6) is 0 Å². The van der Waals surface area contributed by atoms with Crippen LogP contribution in [0.3, 0.4) is 0 Å². The molecule has 0 unspecified atom stereocenters. The van der Waals surface area contributed by atoms with Crippen molar-refractivity contribution in [3.8, 4) is 0 Å². The van der Waals surface area contributed by atoms with E-state index in [-0.39, 0.29) is 5.91 Å². The van der Waals surface area contributed by atoms with E-state index in [1.165, 1.54) is 38.4 Å². The zero-order chi connectivity index (χ0) is 18.5. The third-order valence-electron chi connectivity index (χ3n) is 4.27. The van der Waals surface area contributed by atoms with Crippen molar-refractivity contribution in [2.75, 3.05) is 32.8 Å². The van der Waals surface area contributed by atoms with Crippen molar-refractivity contribution in [2.45, 2.75) is 51.6 Å². The van der Waals surface area contributed by atoms with Crippen LogP contribution in [0.1, 0.15) is 56.0 Å². The molecule has 7 heteroatoms. The number of hydrogen-bond acceptors (Lipinski definition) is 4. The van der Waals surface area contributed by atoms with Gasteiger partial charge in [-0.15, -0.1) is 0 Å². The fourth-order valence-electron chi connectivity index (χ4n) is 2.93. The highest BCUT2D eigenvalue weighted by Crippen LogP contribution is 2.20. The molecular formula is C19H32N4O3. The number of hydrogen-bond donors (Lipinski definition) is 3. The van der Waals surface area contributed by atoms with Gasteiger partial charge in [0.15, 0.2) is 11.7 Å². The minimum atomic E-state index is -0.210. The summed E-state index contributed by atoms with van der Waals surface area (Å²) in [7, 11) is 0. The maximum atomic E-state index is 11.8. The molecule has 0 aromatic carbocycles. The van der Waals surface area contributed by atoms with E-state index in [1.54, 1.807) is 12.1 Å². The van der Waals surface area contributed by atoms with Gasteiger partial charge in [0.05, 0.1) is 12.4 Å². The SMILES string of the molecule is CCNC(=NCCCOC1CCCCC1)NCCNC(=O)c1ccco1. The highest BCUT2D eigenvalue weighted by atomic mass is 16.5. The lowest BCUT2D eigenvalue weighted by Gasteiger charge is -2.21. The molecule has 1 aromatic rings. The van der Waals surface area contributed by atoms with E-state index < -0.39 is 0 Å². The first-order chi connectivity index (χ1) is 12.8. The number of carbonyl (C=O) groups is 1. The second-order valence-corrected chi connectivity index (χ2v) is 6.40. The molecule has 26 heavy (non-hydrogen) atoms. The van der Waals surface area contributed by atoms with Crippen molar-refractivity contribution in [3.63, 3.8) is 0 Å². The molecule has 7 nitrogen and oxygen atoms in total. The summed E-state index contributed by atoms with van der Waals surface area (Å²) >= 11 is 0. The fourth-order valence-corrected chi connectivity index (χ4v) is 2.93. The van der Waals surface area contributed by atoms with Gasteiger partial charge in [-0.25, -0.2) is 0 Å². The van der Waals surface area contributed by atoms with Crippen LogP contribution < -0.4 is 16.0 Å². The Balaban J connectivity index is 1.57. The Kier molecular flexibility index (Phi) is 9.64. The monoisotopic (exact) mass is 364 g/mol. The van der Waals surface area contributed by atoms with Gasteiger partial charge in [-0.1, -0.05) is 19.3 Å². The summed E-state index contributed by atoms with van der Waals surface area (Å²) < 4.78 is 11.0. The Morgan fingerprint density at radius 1 is 1.23 bits per heavy atom. The van der Waals surface area contributed by atoms with Crippen molar-refractivity contribution in [1.29, 1.82) is 0 Å². The van der Waals surface area contributed by atoms with E-state index in [0.29, 0.717) is 25.0 Å². The van der Waals surface area contributed by atoms with Crippen LogP contribution >= 0.6 is 0 Å². The number of guanidine groups is 1. The van der Waals surface area contributed by atoms with Gasteiger partial charge in [-0.05, 0) is 38.3 Å². The molecule has 1 fully saturated rings. The van der Waals surface area contributed by atoms with Crippen LogP contribution in [-0.2, 0) is 4.74 Å². The number of furan rings is 1. The maximum Gasteiger partial charge on any atom is 0.287 e. The van der Waals surface area contributed by atoms with Gasteiger partial charge in [0, 0.05) is 32.8 Å². The number of aliphatic imine (C=N–C) groups is 1. The predicted octanol–water partition coefficient (Wildman–Crippen LogP) is 2.30. The van der Waals surface area contributed by atoms with Gasteiger partial charge >= 0.3 is 0 Å². The first-order valence-corrected chi connectivity index (χ1v) is 9.75. The summed E-state index contributed by atoms with van der Waals surface area (Å²) in [4.78, 5) is 16.3. The molecule has 0 aliphatic heterocycles. The van der Waals surface area contributed by atoms with E-state index in [9.17, 15) is 4.79 Å². The number of nitrogens with zero attached hydrogens (tertiary/aromatic N) is 1. The molecule has 146 valence electrons. The van der Waals surface area contributed by atoms with Gasteiger partial charge in [0.1, 0.15) is 0 Å². The van der Waals surface area contributed by atoms with Crippen LogP contribution in [0.2, 0.25) is 0 Å². The Morgan fingerprint density at radius 3 is 2.77 bits per heavy atom. The second-order valence-electron chi connectivity index (χ2n) is 6.40. The molecule has 1 amide bonds. The molecule has 0 atom stereocenters. The molecule has 0 radical (unpaired) electrons. The normalized spacial score (nSPS) is 15.7. The number of rotatable bonds is 10. The molecule has 1 aliphatic carbocycles. The molecule has 1 aromatic heterocycles. The zero-order valence-corrected chi connectivity index (χ0v) is 15.8. The Bertz CT molecular complexity index is 525. The van der Waals surface area contributed by atoms with Crippen molar-refractivity contribution >= 4 is 11.9 Å². The summed E-state index contributed by atoms with van der Waals surface area (Å²) in [5, 5.41) is 9.22. The average molecular weight is 364 g/mol.